The molecule has 3 rings (SSSR count). The van der Waals surface area contributed by atoms with Crippen LogP contribution in [-0.4, -0.2) is 39.9 Å². The van der Waals surface area contributed by atoms with E-state index in [1.165, 1.54) is 0 Å². The Kier molecular flexibility index (Phi) is 7.87. The van der Waals surface area contributed by atoms with Gasteiger partial charge < -0.3 is 19.7 Å². The zero-order chi connectivity index (χ0) is 24.9. The Labute approximate surface area is 202 Å². The predicted octanol–water partition coefficient (Wildman–Crippen LogP) is 5.95. The normalized spacial score (nSPS) is 11.4. The minimum absolute atomic E-state index is 0.115. The van der Waals surface area contributed by atoms with Crippen LogP contribution in [0.3, 0.4) is 0 Å². The van der Waals surface area contributed by atoms with Gasteiger partial charge in [0.25, 0.3) is 0 Å². The van der Waals surface area contributed by atoms with Gasteiger partial charge in [0.1, 0.15) is 0 Å². The predicted molar refractivity (Wildman–Crippen MR) is 135 cm³/mol. The largest absolute Gasteiger partial charge is 0.493 e. The van der Waals surface area contributed by atoms with Crippen molar-refractivity contribution in [2.75, 3.05) is 13.7 Å². The molecule has 0 radical (unpaired) electrons. The van der Waals surface area contributed by atoms with E-state index in [-0.39, 0.29) is 11.6 Å². The molecule has 0 saturated heterocycles. The van der Waals surface area contributed by atoms with Crippen molar-refractivity contribution in [3.05, 3.63) is 65.9 Å². The van der Waals surface area contributed by atoms with Crippen LogP contribution < -0.4 is 14.8 Å². The number of aryl methyl sites for hydroxylation is 1. The topological polar surface area (TPSA) is 68.6 Å². The number of carbonyl (C=O) groups is 1. The lowest BCUT2D eigenvalue weighted by Crippen LogP contribution is -2.49. The minimum atomic E-state index is -0.341. The summed E-state index contributed by atoms with van der Waals surface area (Å²) in [5, 5.41) is 7.88. The second-order valence-corrected chi connectivity index (χ2v) is 9.82. The summed E-state index contributed by atoms with van der Waals surface area (Å²) in [5.74, 6) is 2.06. The van der Waals surface area contributed by atoms with E-state index in [0.717, 1.165) is 16.9 Å². The van der Waals surface area contributed by atoms with Gasteiger partial charge in [0.05, 0.1) is 30.6 Å². The van der Waals surface area contributed by atoms with Crippen LogP contribution in [0.15, 0.2) is 54.6 Å². The van der Waals surface area contributed by atoms with Gasteiger partial charge in [-0.2, -0.15) is 5.10 Å². The van der Waals surface area contributed by atoms with E-state index in [4.69, 9.17) is 14.6 Å². The molecule has 0 spiro atoms. The summed E-state index contributed by atoms with van der Waals surface area (Å²) in [6, 6.07) is 17.2. The maximum Gasteiger partial charge on any atom is 0.318 e. The molecule has 2 aromatic carbocycles. The van der Waals surface area contributed by atoms with Crippen LogP contribution in [0.4, 0.5) is 4.79 Å². The SMILES string of the molecule is COc1ccccc1Oc1c(CN(CC(C)C)C(=O)NC(C)(C)C)c(C)nn1-c1ccccc1. The van der Waals surface area contributed by atoms with Crippen molar-refractivity contribution in [3.63, 3.8) is 0 Å². The first kappa shape index (κ1) is 25.1. The van der Waals surface area contributed by atoms with Crippen LogP contribution in [-0.2, 0) is 6.54 Å². The van der Waals surface area contributed by atoms with Crippen LogP contribution in [0.25, 0.3) is 5.69 Å². The molecule has 0 bridgehead atoms. The summed E-state index contributed by atoms with van der Waals surface area (Å²) >= 11 is 0. The molecule has 0 aliphatic rings. The average molecular weight is 465 g/mol. The molecule has 1 heterocycles. The van der Waals surface area contributed by atoms with Gasteiger partial charge in [-0.1, -0.05) is 44.2 Å². The zero-order valence-electron chi connectivity index (χ0n) is 21.3. The van der Waals surface area contributed by atoms with Gasteiger partial charge in [-0.3, -0.25) is 0 Å². The first-order valence-electron chi connectivity index (χ1n) is 11.6. The lowest BCUT2D eigenvalue weighted by atomic mass is 10.1. The second-order valence-electron chi connectivity index (χ2n) is 9.82. The van der Waals surface area contributed by atoms with E-state index in [1.807, 2.05) is 87.2 Å². The third-order valence-electron chi connectivity index (χ3n) is 5.12. The number of nitrogens with one attached hydrogen (secondary N) is 1. The summed E-state index contributed by atoms with van der Waals surface area (Å²) < 4.78 is 13.7. The number of urea groups is 1. The first-order chi connectivity index (χ1) is 16.1. The van der Waals surface area contributed by atoms with Crippen molar-refractivity contribution >= 4 is 6.03 Å². The van der Waals surface area contributed by atoms with E-state index in [1.54, 1.807) is 11.8 Å². The molecular formula is C27H36N4O3. The minimum Gasteiger partial charge on any atom is -0.493 e. The monoisotopic (exact) mass is 464 g/mol. The Morgan fingerprint density at radius 3 is 2.26 bits per heavy atom. The molecule has 7 heteroatoms. The quantitative estimate of drug-likeness (QED) is 0.447. The molecule has 0 aliphatic heterocycles. The van der Waals surface area contributed by atoms with E-state index in [9.17, 15) is 4.79 Å². The van der Waals surface area contributed by atoms with E-state index < -0.39 is 0 Å². The van der Waals surface area contributed by atoms with E-state index in [2.05, 4.69) is 19.2 Å². The van der Waals surface area contributed by atoms with E-state index in [0.29, 0.717) is 36.4 Å². The highest BCUT2D eigenvalue weighted by Crippen LogP contribution is 2.36. The van der Waals surface area contributed by atoms with Gasteiger partial charge in [0.2, 0.25) is 5.88 Å². The molecule has 1 aromatic heterocycles. The lowest BCUT2D eigenvalue weighted by Gasteiger charge is -2.30. The fourth-order valence-corrected chi connectivity index (χ4v) is 3.63. The lowest BCUT2D eigenvalue weighted by molar-refractivity contribution is 0.178. The fourth-order valence-electron chi connectivity index (χ4n) is 3.63. The smallest absolute Gasteiger partial charge is 0.318 e. The van der Waals surface area contributed by atoms with Gasteiger partial charge in [0, 0.05) is 12.1 Å². The third kappa shape index (κ3) is 6.31. The number of methoxy groups -OCH3 is 1. The summed E-state index contributed by atoms with van der Waals surface area (Å²) in [6.07, 6.45) is 0. The molecule has 0 saturated carbocycles. The summed E-state index contributed by atoms with van der Waals surface area (Å²) in [5.41, 5.74) is 2.17. The van der Waals surface area contributed by atoms with Crippen LogP contribution >= 0.6 is 0 Å². The maximum atomic E-state index is 13.2. The van der Waals surface area contributed by atoms with Crippen molar-refractivity contribution in [3.8, 4) is 23.1 Å². The van der Waals surface area contributed by atoms with Crippen LogP contribution in [0.1, 0.15) is 45.9 Å². The van der Waals surface area contributed by atoms with Crippen LogP contribution in [0, 0.1) is 12.8 Å². The Morgan fingerprint density at radius 1 is 1.06 bits per heavy atom. The molecule has 0 aliphatic carbocycles. The molecule has 7 nitrogen and oxygen atoms in total. The number of para-hydroxylation sites is 3. The van der Waals surface area contributed by atoms with Gasteiger partial charge in [-0.05, 0) is 57.9 Å². The van der Waals surface area contributed by atoms with Crippen molar-refractivity contribution in [2.24, 2.45) is 5.92 Å². The second kappa shape index (κ2) is 10.6. The van der Waals surface area contributed by atoms with Gasteiger partial charge in [0.15, 0.2) is 11.5 Å². The number of ether oxygens (including phenoxy) is 2. The fraction of sp³-hybridized carbons (Fsp3) is 0.407. The number of carbonyl (C=O) groups excluding carboxylic acids is 1. The number of amides is 2. The molecular weight excluding hydrogens is 428 g/mol. The number of hydrogen-bond acceptors (Lipinski definition) is 4. The third-order valence-corrected chi connectivity index (χ3v) is 5.12. The molecule has 34 heavy (non-hydrogen) atoms. The molecule has 1 N–H and O–H groups in total. The average Bonchev–Trinajstić information content (AvgIpc) is 3.08. The summed E-state index contributed by atoms with van der Waals surface area (Å²) in [6.45, 7) is 13.1. The van der Waals surface area contributed by atoms with Crippen LogP contribution in [0.2, 0.25) is 0 Å². The standard InChI is InChI=1S/C27H36N4O3/c1-19(2)17-30(26(32)28-27(4,5)6)18-22-20(3)29-31(21-13-9-8-10-14-21)25(22)34-24-16-12-11-15-23(24)33-7/h8-16,19H,17-18H2,1-7H3,(H,28,32). The number of aromatic nitrogens is 2. The highest BCUT2D eigenvalue weighted by atomic mass is 16.5. The van der Waals surface area contributed by atoms with Crippen molar-refractivity contribution in [1.29, 1.82) is 0 Å². The Morgan fingerprint density at radius 2 is 1.68 bits per heavy atom. The first-order valence-corrected chi connectivity index (χ1v) is 11.6. The molecule has 0 fully saturated rings. The van der Waals surface area contributed by atoms with Gasteiger partial charge in [-0.15, -0.1) is 0 Å². The number of hydrogen-bond donors (Lipinski definition) is 1. The van der Waals surface area contributed by atoms with Crippen molar-refractivity contribution in [2.45, 2.75) is 53.6 Å². The Bertz CT molecular complexity index is 1100. The molecule has 0 unspecified atom stereocenters. The zero-order valence-corrected chi connectivity index (χ0v) is 21.3. The van der Waals surface area contributed by atoms with Crippen molar-refractivity contribution < 1.29 is 14.3 Å². The highest BCUT2D eigenvalue weighted by Gasteiger charge is 2.26. The Hall–Kier alpha value is -3.48. The highest BCUT2D eigenvalue weighted by molar-refractivity contribution is 5.75. The summed E-state index contributed by atoms with van der Waals surface area (Å²) in [7, 11) is 1.62. The number of benzene rings is 2. The Balaban J connectivity index is 2.08. The molecule has 182 valence electrons. The van der Waals surface area contributed by atoms with Crippen LogP contribution in [0.5, 0.6) is 17.4 Å². The van der Waals surface area contributed by atoms with E-state index >= 15 is 0 Å². The number of nitrogens with zero attached hydrogens (tertiary/aromatic N) is 3. The molecule has 0 atom stereocenters. The van der Waals surface area contributed by atoms with Gasteiger partial charge >= 0.3 is 6.03 Å². The summed E-state index contributed by atoms with van der Waals surface area (Å²) in [4.78, 5) is 15.0. The van der Waals surface area contributed by atoms with Crippen molar-refractivity contribution in [1.82, 2.24) is 20.0 Å². The van der Waals surface area contributed by atoms with Gasteiger partial charge in [-0.25, -0.2) is 9.48 Å². The number of rotatable bonds is 8. The molecule has 3 aromatic rings. The maximum absolute atomic E-state index is 13.2. The molecule has 2 amide bonds.